The average Bonchev–Trinajstić information content (AvgIpc) is 2.92. The van der Waals surface area contributed by atoms with Gasteiger partial charge in [0.05, 0.1) is 11.3 Å². The van der Waals surface area contributed by atoms with Crippen LogP contribution in [0.5, 0.6) is 0 Å². The minimum absolute atomic E-state index is 0.0778. The van der Waals surface area contributed by atoms with Crippen LogP contribution >= 0.6 is 0 Å². The Hall–Kier alpha value is -2.64. The van der Waals surface area contributed by atoms with E-state index < -0.39 is 5.97 Å². The maximum absolute atomic E-state index is 12.4. The maximum Gasteiger partial charge on any atom is 0.357 e. The van der Waals surface area contributed by atoms with Crippen LogP contribution in [0.2, 0.25) is 0 Å². The summed E-state index contributed by atoms with van der Waals surface area (Å²) >= 11 is 0. The first-order valence-electron chi connectivity index (χ1n) is 6.31. The van der Waals surface area contributed by atoms with Crippen molar-refractivity contribution in [2.45, 2.75) is 13.5 Å². The highest BCUT2D eigenvalue weighted by Crippen LogP contribution is 2.13. The van der Waals surface area contributed by atoms with Gasteiger partial charge in [0.2, 0.25) is 0 Å². The van der Waals surface area contributed by atoms with Crippen LogP contribution in [0.1, 0.15) is 32.1 Å². The molecule has 0 unspecified atom stereocenters. The topological polar surface area (TPSA) is 93.3 Å². The number of nitrogens with zero attached hydrogens (tertiary/aromatic N) is 5. The molecule has 2 aromatic heterocycles. The van der Waals surface area contributed by atoms with Crippen molar-refractivity contribution >= 4 is 11.9 Å². The zero-order valence-electron chi connectivity index (χ0n) is 12.4. The third-order valence-electron chi connectivity index (χ3n) is 3.13. The number of carboxylic acid groups (broad SMARTS) is 1. The second-order valence-corrected chi connectivity index (χ2v) is 4.94. The first-order chi connectivity index (χ1) is 9.79. The zero-order chi connectivity index (χ0) is 15.7. The van der Waals surface area contributed by atoms with Crippen LogP contribution < -0.4 is 0 Å². The van der Waals surface area contributed by atoms with Gasteiger partial charge in [-0.25, -0.2) is 4.79 Å². The van der Waals surface area contributed by atoms with Crippen LogP contribution in [0.4, 0.5) is 0 Å². The predicted molar refractivity (Wildman–Crippen MR) is 73.9 cm³/mol. The van der Waals surface area contributed by atoms with Crippen molar-refractivity contribution in [3.05, 3.63) is 34.9 Å². The molecule has 2 aromatic rings. The lowest BCUT2D eigenvalue weighted by atomic mass is 10.2. The highest BCUT2D eigenvalue weighted by Gasteiger charge is 2.24. The maximum atomic E-state index is 12.4. The molecule has 1 amide bonds. The molecule has 0 spiro atoms. The fourth-order valence-electron chi connectivity index (χ4n) is 2.14. The van der Waals surface area contributed by atoms with Crippen LogP contribution in [0.25, 0.3) is 0 Å². The standard InChI is InChI=1S/C13H17N5O3/c1-8-9(6-17(3)14-8)5-16(2)12(19)10-7-18(4)15-11(10)13(20)21/h6-7H,5H2,1-4H3,(H,20,21). The van der Waals surface area contributed by atoms with E-state index in [-0.39, 0.29) is 17.2 Å². The Kier molecular flexibility index (Phi) is 3.79. The molecule has 0 aliphatic carbocycles. The smallest absolute Gasteiger partial charge is 0.357 e. The number of hydrogen-bond donors (Lipinski definition) is 1. The van der Waals surface area contributed by atoms with Crippen molar-refractivity contribution in [2.24, 2.45) is 14.1 Å². The van der Waals surface area contributed by atoms with Gasteiger partial charge in [0, 0.05) is 45.6 Å². The molecule has 8 heteroatoms. The first-order valence-corrected chi connectivity index (χ1v) is 6.31. The van der Waals surface area contributed by atoms with Gasteiger partial charge in [0.15, 0.2) is 5.69 Å². The highest BCUT2D eigenvalue weighted by molar-refractivity contribution is 6.03. The minimum Gasteiger partial charge on any atom is -0.476 e. The Morgan fingerprint density at radius 1 is 1.24 bits per heavy atom. The molecule has 0 aliphatic heterocycles. The molecule has 2 rings (SSSR count). The summed E-state index contributed by atoms with van der Waals surface area (Å²) in [6.07, 6.45) is 3.25. The normalized spacial score (nSPS) is 10.7. The summed E-state index contributed by atoms with van der Waals surface area (Å²) < 4.78 is 3.00. The Morgan fingerprint density at radius 2 is 1.86 bits per heavy atom. The lowest BCUT2D eigenvalue weighted by Gasteiger charge is -2.16. The monoisotopic (exact) mass is 291 g/mol. The number of carboxylic acids is 1. The molecular formula is C13H17N5O3. The van der Waals surface area contributed by atoms with Crippen molar-refractivity contribution in [3.63, 3.8) is 0 Å². The number of carbonyl (C=O) groups excluding carboxylic acids is 1. The van der Waals surface area contributed by atoms with Gasteiger partial charge in [-0.3, -0.25) is 14.2 Å². The number of hydrogen-bond acceptors (Lipinski definition) is 4. The average molecular weight is 291 g/mol. The fraction of sp³-hybridized carbons (Fsp3) is 0.385. The quantitative estimate of drug-likeness (QED) is 0.882. The third kappa shape index (κ3) is 2.93. The predicted octanol–water partition coefficient (Wildman–Crippen LogP) is 0.432. The number of aromatic nitrogens is 4. The summed E-state index contributed by atoms with van der Waals surface area (Å²) in [4.78, 5) is 25.0. The van der Waals surface area contributed by atoms with Crippen molar-refractivity contribution in [2.75, 3.05) is 7.05 Å². The first kappa shape index (κ1) is 14.8. The summed E-state index contributed by atoms with van der Waals surface area (Å²) in [7, 11) is 5.00. The van der Waals surface area contributed by atoms with Crippen molar-refractivity contribution in [3.8, 4) is 0 Å². The van der Waals surface area contributed by atoms with Crippen LogP contribution in [-0.4, -0.2) is 48.5 Å². The third-order valence-corrected chi connectivity index (χ3v) is 3.13. The molecular weight excluding hydrogens is 274 g/mol. The van der Waals surface area contributed by atoms with Gasteiger partial charge in [0.1, 0.15) is 0 Å². The van der Waals surface area contributed by atoms with Gasteiger partial charge in [-0.15, -0.1) is 0 Å². The van der Waals surface area contributed by atoms with Crippen LogP contribution in [0.3, 0.4) is 0 Å². The van der Waals surface area contributed by atoms with Gasteiger partial charge >= 0.3 is 5.97 Å². The van der Waals surface area contributed by atoms with E-state index in [4.69, 9.17) is 5.11 Å². The molecule has 0 atom stereocenters. The summed E-state index contributed by atoms with van der Waals surface area (Å²) in [6.45, 7) is 2.22. The van der Waals surface area contributed by atoms with Crippen molar-refractivity contribution in [1.82, 2.24) is 24.5 Å². The second kappa shape index (κ2) is 5.39. The molecule has 1 N–H and O–H groups in total. The second-order valence-electron chi connectivity index (χ2n) is 4.94. The Morgan fingerprint density at radius 3 is 2.38 bits per heavy atom. The molecule has 0 aliphatic rings. The van der Waals surface area contributed by atoms with E-state index in [0.29, 0.717) is 6.54 Å². The SMILES string of the molecule is Cc1nn(C)cc1CN(C)C(=O)c1cn(C)nc1C(=O)O. The Labute approximate surface area is 121 Å². The molecule has 0 saturated heterocycles. The van der Waals surface area contributed by atoms with E-state index in [1.807, 2.05) is 20.2 Å². The molecule has 0 bridgehead atoms. The summed E-state index contributed by atoms with van der Waals surface area (Å²) in [5.41, 5.74) is 1.59. The molecule has 8 nitrogen and oxygen atoms in total. The lowest BCUT2D eigenvalue weighted by Crippen LogP contribution is -2.27. The largest absolute Gasteiger partial charge is 0.476 e. The summed E-state index contributed by atoms with van der Waals surface area (Å²) in [5, 5.41) is 17.1. The fourth-order valence-corrected chi connectivity index (χ4v) is 2.14. The zero-order valence-corrected chi connectivity index (χ0v) is 12.4. The van der Waals surface area contributed by atoms with Gasteiger partial charge in [-0.2, -0.15) is 10.2 Å². The Balaban J connectivity index is 2.23. The molecule has 0 radical (unpaired) electrons. The summed E-state index contributed by atoms with van der Waals surface area (Å²) in [6, 6.07) is 0. The number of rotatable bonds is 4. The van der Waals surface area contributed by atoms with E-state index in [1.54, 1.807) is 18.8 Å². The van der Waals surface area contributed by atoms with Crippen LogP contribution in [0.15, 0.2) is 12.4 Å². The van der Waals surface area contributed by atoms with Crippen LogP contribution in [-0.2, 0) is 20.6 Å². The molecule has 2 heterocycles. The number of aromatic carboxylic acids is 1. The van der Waals surface area contributed by atoms with Crippen LogP contribution in [0, 0.1) is 6.92 Å². The lowest BCUT2D eigenvalue weighted by molar-refractivity contribution is 0.0674. The van der Waals surface area contributed by atoms with Gasteiger partial charge < -0.3 is 10.0 Å². The van der Waals surface area contributed by atoms with Crippen molar-refractivity contribution < 1.29 is 14.7 Å². The Bertz CT molecular complexity index is 701. The van der Waals surface area contributed by atoms with Crippen molar-refractivity contribution in [1.29, 1.82) is 0 Å². The molecule has 21 heavy (non-hydrogen) atoms. The van der Waals surface area contributed by atoms with Gasteiger partial charge in [-0.1, -0.05) is 0 Å². The van der Waals surface area contributed by atoms with E-state index in [9.17, 15) is 9.59 Å². The van der Waals surface area contributed by atoms with E-state index in [2.05, 4.69) is 10.2 Å². The van der Waals surface area contributed by atoms with E-state index >= 15 is 0 Å². The highest BCUT2D eigenvalue weighted by atomic mass is 16.4. The summed E-state index contributed by atoms with van der Waals surface area (Å²) in [5.74, 6) is -1.60. The molecule has 112 valence electrons. The van der Waals surface area contributed by atoms with Gasteiger partial charge in [0.25, 0.3) is 5.91 Å². The van der Waals surface area contributed by atoms with E-state index in [0.717, 1.165) is 11.3 Å². The number of aryl methyl sites for hydroxylation is 3. The molecule has 0 saturated carbocycles. The minimum atomic E-state index is -1.22. The van der Waals surface area contributed by atoms with E-state index in [1.165, 1.54) is 15.8 Å². The molecule has 0 aromatic carbocycles. The van der Waals surface area contributed by atoms with Gasteiger partial charge in [-0.05, 0) is 6.92 Å². The number of amides is 1. The number of carbonyl (C=O) groups is 2. The molecule has 0 fully saturated rings.